The van der Waals surface area contributed by atoms with E-state index in [9.17, 15) is 15.0 Å². The standard InChI is InChI=1S/C25H31NO5/c1-30-19-11-8-17(9-12-19)24-23(16-6-4-3-5-7-16)20-13-10-18(25(29)31-2)14-21(20)26(24)15-22(27)28/h8-14,16,22-24,27-28H,3-7,15H2,1-2H3. The molecular weight excluding hydrogens is 394 g/mol. The predicted molar refractivity (Wildman–Crippen MR) is 118 cm³/mol. The molecule has 0 amide bonds. The molecule has 6 heteroatoms. The lowest BCUT2D eigenvalue weighted by atomic mass is 9.73. The van der Waals surface area contributed by atoms with Crippen LogP contribution in [0.5, 0.6) is 5.75 Å². The molecule has 2 N–H and O–H groups in total. The highest BCUT2D eigenvalue weighted by molar-refractivity contribution is 5.91. The summed E-state index contributed by atoms with van der Waals surface area (Å²) in [6, 6.07) is 13.7. The number of hydrogen-bond acceptors (Lipinski definition) is 6. The van der Waals surface area contributed by atoms with Gasteiger partial charge in [-0.1, -0.05) is 37.5 Å². The average Bonchev–Trinajstić information content (AvgIpc) is 3.12. The number of carbonyl (C=O) groups excluding carboxylic acids is 1. The van der Waals surface area contributed by atoms with Gasteiger partial charge in [-0.3, -0.25) is 0 Å². The predicted octanol–water partition coefficient (Wildman–Crippen LogP) is 4.02. The number of anilines is 1. The summed E-state index contributed by atoms with van der Waals surface area (Å²) in [5.74, 6) is 1.11. The average molecular weight is 426 g/mol. The maximum absolute atomic E-state index is 12.2. The van der Waals surface area contributed by atoms with Gasteiger partial charge in [0, 0.05) is 11.6 Å². The third kappa shape index (κ3) is 4.27. The van der Waals surface area contributed by atoms with E-state index in [0.29, 0.717) is 11.5 Å². The lowest BCUT2D eigenvalue weighted by Crippen LogP contribution is -2.35. The third-order valence-corrected chi connectivity index (χ3v) is 6.77. The van der Waals surface area contributed by atoms with Crippen LogP contribution in [-0.4, -0.2) is 43.2 Å². The van der Waals surface area contributed by atoms with Crippen molar-refractivity contribution in [2.45, 2.75) is 50.4 Å². The van der Waals surface area contributed by atoms with Crippen molar-refractivity contribution in [1.29, 1.82) is 0 Å². The first kappa shape index (κ1) is 21.7. The van der Waals surface area contributed by atoms with E-state index >= 15 is 0 Å². The Bertz CT molecular complexity index is 905. The number of aliphatic hydroxyl groups is 2. The zero-order chi connectivity index (χ0) is 22.0. The number of nitrogens with zero attached hydrogens (tertiary/aromatic N) is 1. The number of ether oxygens (including phenoxy) is 2. The molecule has 2 aromatic carbocycles. The number of benzene rings is 2. The van der Waals surface area contributed by atoms with Crippen LogP contribution in [0.1, 0.15) is 65.5 Å². The van der Waals surface area contributed by atoms with E-state index in [0.717, 1.165) is 29.8 Å². The quantitative estimate of drug-likeness (QED) is 0.538. The molecule has 2 atom stereocenters. The molecule has 1 heterocycles. The molecule has 0 radical (unpaired) electrons. The summed E-state index contributed by atoms with van der Waals surface area (Å²) in [5, 5.41) is 19.8. The molecule has 0 aromatic heterocycles. The van der Waals surface area contributed by atoms with Gasteiger partial charge in [0.25, 0.3) is 0 Å². The van der Waals surface area contributed by atoms with E-state index in [1.165, 1.54) is 31.9 Å². The van der Waals surface area contributed by atoms with Crippen LogP contribution in [0.15, 0.2) is 42.5 Å². The molecule has 6 nitrogen and oxygen atoms in total. The normalized spacial score (nSPS) is 21.3. The van der Waals surface area contributed by atoms with Crippen molar-refractivity contribution in [3.63, 3.8) is 0 Å². The molecule has 1 aliphatic carbocycles. The van der Waals surface area contributed by atoms with Gasteiger partial charge in [-0.15, -0.1) is 0 Å². The summed E-state index contributed by atoms with van der Waals surface area (Å²) in [6.45, 7) is 0.0670. The van der Waals surface area contributed by atoms with Crippen LogP contribution in [0, 0.1) is 5.92 Å². The minimum absolute atomic E-state index is 0.0429. The van der Waals surface area contributed by atoms with Crippen LogP contribution in [0.3, 0.4) is 0 Å². The second-order valence-electron chi connectivity index (χ2n) is 8.54. The summed E-state index contributed by atoms with van der Waals surface area (Å²) < 4.78 is 10.3. The molecule has 1 fully saturated rings. The van der Waals surface area contributed by atoms with Gasteiger partial charge in [0.15, 0.2) is 6.29 Å². The molecule has 1 aliphatic heterocycles. The summed E-state index contributed by atoms with van der Waals surface area (Å²) in [4.78, 5) is 14.2. The highest BCUT2D eigenvalue weighted by atomic mass is 16.5. The molecule has 2 aromatic rings. The number of methoxy groups -OCH3 is 2. The van der Waals surface area contributed by atoms with Gasteiger partial charge < -0.3 is 24.6 Å². The second-order valence-corrected chi connectivity index (χ2v) is 8.54. The Labute approximate surface area is 183 Å². The summed E-state index contributed by atoms with van der Waals surface area (Å²) >= 11 is 0. The summed E-state index contributed by atoms with van der Waals surface area (Å²) in [6.07, 6.45) is 4.53. The molecule has 0 spiro atoms. The van der Waals surface area contributed by atoms with Gasteiger partial charge in [0.1, 0.15) is 5.75 Å². The molecule has 0 bridgehead atoms. The number of esters is 1. The Hall–Kier alpha value is -2.57. The highest BCUT2D eigenvalue weighted by Gasteiger charge is 2.44. The first-order valence-corrected chi connectivity index (χ1v) is 11.0. The number of carbonyl (C=O) groups is 1. The van der Waals surface area contributed by atoms with Gasteiger partial charge in [-0.05, 0) is 54.2 Å². The van der Waals surface area contributed by atoms with Crippen LogP contribution in [0.25, 0.3) is 0 Å². The minimum Gasteiger partial charge on any atom is -0.497 e. The molecule has 2 unspecified atom stereocenters. The maximum atomic E-state index is 12.2. The lowest BCUT2D eigenvalue weighted by molar-refractivity contribution is -0.0335. The summed E-state index contributed by atoms with van der Waals surface area (Å²) in [7, 11) is 3.02. The topological polar surface area (TPSA) is 79.2 Å². The number of hydrogen-bond donors (Lipinski definition) is 2. The fourth-order valence-corrected chi connectivity index (χ4v) is 5.41. The van der Waals surface area contributed by atoms with Gasteiger partial charge in [0.05, 0.1) is 32.4 Å². The smallest absolute Gasteiger partial charge is 0.337 e. The largest absolute Gasteiger partial charge is 0.497 e. The van der Waals surface area contributed by atoms with Crippen molar-refractivity contribution in [3.05, 3.63) is 59.2 Å². The van der Waals surface area contributed by atoms with Crippen LogP contribution in [0.2, 0.25) is 0 Å². The number of β-amino-alcohol motifs (C(OH)–C–C–N with tert-alkyl or cyclic N) is 2. The SMILES string of the molecule is COC(=O)c1ccc2c(c1)N(CC(O)O)C(c1ccc(OC)cc1)C2C1CCCCC1. The van der Waals surface area contributed by atoms with Crippen molar-refractivity contribution >= 4 is 11.7 Å². The van der Waals surface area contributed by atoms with Crippen LogP contribution < -0.4 is 9.64 Å². The van der Waals surface area contributed by atoms with Crippen molar-refractivity contribution in [2.75, 3.05) is 25.7 Å². The first-order valence-electron chi connectivity index (χ1n) is 11.0. The second kappa shape index (κ2) is 9.28. The van der Waals surface area contributed by atoms with E-state index in [1.807, 2.05) is 35.2 Å². The Balaban J connectivity index is 1.83. The van der Waals surface area contributed by atoms with Gasteiger partial charge >= 0.3 is 5.97 Å². The zero-order valence-corrected chi connectivity index (χ0v) is 18.2. The lowest BCUT2D eigenvalue weighted by Gasteiger charge is -2.36. The van der Waals surface area contributed by atoms with Crippen molar-refractivity contribution < 1.29 is 24.5 Å². The molecule has 1 saturated carbocycles. The van der Waals surface area contributed by atoms with E-state index in [1.54, 1.807) is 7.11 Å². The van der Waals surface area contributed by atoms with Crippen LogP contribution >= 0.6 is 0 Å². The maximum Gasteiger partial charge on any atom is 0.337 e. The fourth-order valence-electron chi connectivity index (χ4n) is 5.41. The van der Waals surface area contributed by atoms with E-state index < -0.39 is 12.3 Å². The molecule has 4 rings (SSSR count). The Morgan fingerprint density at radius 2 is 1.77 bits per heavy atom. The first-order chi connectivity index (χ1) is 15.0. The fraction of sp³-hybridized carbons (Fsp3) is 0.480. The monoisotopic (exact) mass is 425 g/mol. The number of rotatable bonds is 6. The zero-order valence-electron chi connectivity index (χ0n) is 18.2. The molecule has 166 valence electrons. The Kier molecular flexibility index (Phi) is 6.49. The van der Waals surface area contributed by atoms with E-state index in [4.69, 9.17) is 9.47 Å². The van der Waals surface area contributed by atoms with Gasteiger partial charge in [-0.25, -0.2) is 4.79 Å². The molecule has 2 aliphatic rings. The molecular formula is C25H31NO5. The Morgan fingerprint density at radius 1 is 1.06 bits per heavy atom. The third-order valence-electron chi connectivity index (χ3n) is 6.77. The van der Waals surface area contributed by atoms with Crippen LogP contribution in [-0.2, 0) is 4.74 Å². The van der Waals surface area contributed by atoms with E-state index in [-0.39, 0.29) is 18.5 Å². The highest BCUT2D eigenvalue weighted by Crippen LogP contribution is 2.55. The number of fused-ring (bicyclic) bond motifs is 1. The van der Waals surface area contributed by atoms with Gasteiger partial charge in [-0.2, -0.15) is 0 Å². The minimum atomic E-state index is -1.49. The Morgan fingerprint density at radius 3 is 2.39 bits per heavy atom. The number of aliphatic hydroxyl groups excluding tert-OH is 1. The molecule has 0 saturated heterocycles. The van der Waals surface area contributed by atoms with Crippen molar-refractivity contribution in [1.82, 2.24) is 0 Å². The molecule has 31 heavy (non-hydrogen) atoms. The van der Waals surface area contributed by atoms with Crippen molar-refractivity contribution in [2.24, 2.45) is 5.92 Å². The van der Waals surface area contributed by atoms with Gasteiger partial charge in [0.2, 0.25) is 0 Å². The van der Waals surface area contributed by atoms with Crippen LogP contribution in [0.4, 0.5) is 5.69 Å². The summed E-state index contributed by atoms with van der Waals surface area (Å²) in [5.41, 5.74) is 3.62. The van der Waals surface area contributed by atoms with E-state index in [2.05, 4.69) is 12.1 Å². The van der Waals surface area contributed by atoms with Crippen molar-refractivity contribution in [3.8, 4) is 5.75 Å².